The summed E-state index contributed by atoms with van der Waals surface area (Å²) in [4.78, 5) is 25.9. The molecule has 0 heterocycles. The molecule has 7 heteroatoms. The van der Waals surface area contributed by atoms with E-state index in [1.165, 1.54) is 0 Å². The van der Waals surface area contributed by atoms with E-state index in [4.69, 9.17) is 4.52 Å². The maximum atomic E-state index is 11.9. The number of hydrogen-bond acceptors (Lipinski definition) is 5. The Labute approximate surface area is 146 Å². The summed E-state index contributed by atoms with van der Waals surface area (Å²) in [6, 6.07) is 13.3. The third-order valence-corrected chi connectivity index (χ3v) is 4.28. The Morgan fingerprint density at radius 2 is 1.68 bits per heavy atom. The van der Waals surface area contributed by atoms with Crippen LogP contribution in [0, 0.1) is 0 Å². The smallest absolute Gasteiger partial charge is 0.402 e. The maximum Gasteiger partial charge on any atom is 0.564 e. The number of phosphoric ester groups is 1. The van der Waals surface area contributed by atoms with Gasteiger partial charge >= 0.3 is 13.8 Å². The van der Waals surface area contributed by atoms with Crippen molar-refractivity contribution in [2.24, 2.45) is 0 Å². The first kappa shape index (κ1) is 19.2. The van der Waals surface area contributed by atoms with E-state index in [0.29, 0.717) is 5.92 Å². The molecule has 2 rings (SSSR count). The van der Waals surface area contributed by atoms with Crippen LogP contribution in [0.2, 0.25) is 0 Å². The third-order valence-electron chi connectivity index (χ3n) is 3.57. The zero-order valence-electron chi connectivity index (χ0n) is 14.3. The molecule has 6 nitrogen and oxygen atoms in total. The minimum absolute atomic E-state index is 0.138. The number of hydrogen-bond donors (Lipinski definition) is 1. The Kier molecular flexibility index (Phi) is 6.37. The van der Waals surface area contributed by atoms with E-state index in [-0.39, 0.29) is 11.3 Å². The quantitative estimate of drug-likeness (QED) is 0.438. The molecule has 1 N–H and O–H groups in total. The van der Waals surface area contributed by atoms with Crippen molar-refractivity contribution in [3.8, 4) is 5.75 Å². The number of rotatable bonds is 7. The average Bonchev–Trinajstić information content (AvgIpc) is 2.60. The second-order valence-electron chi connectivity index (χ2n) is 5.78. The molecule has 0 aliphatic heterocycles. The van der Waals surface area contributed by atoms with Crippen LogP contribution in [-0.4, -0.2) is 10.9 Å². The van der Waals surface area contributed by atoms with Crippen molar-refractivity contribution < 1.29 is 28.3 Å². The van der Waals surface area contributed by atoms with Gasteiger partial charge in [0, 0.05) is 0 Å². The van der Waals surface area contributed by atoms with Gasteiger partial charge in [-0.1, -0.05) is 49.7 Å². The Morgan fingerprint density at radius 1 is 1.08 bits per heavy atom. The topological polar surface area (TPSA) is 82.1 Å². The van der Waals surface area contributed by atoms with Crippen LogP contribution in [0.3, 0.4) is 0 Å². The summed E-state index contributed by atoms with van der Waals surface area (Å²) >= 11 is 0. The number of phosphoric acid groups is 1. The van der Waals surface area contributed by atoms with Gasteiger partial charge in [0.1, 0.15) is 5.75 Å². The molecular formula is C18H21O6P. The second kappa shape index (κ2) is 8.30. The number of benzene rings is 2. The maximum absolute atomic E-state index is 11.9. The summed E-state index contributed by atoms with van der Waals surface area (Å²) in [5.74, 6) is -0.416. The van der Waals surface area contributed by atoms with Gasteiger partial charge in [-0.2, -0.15) is 0 Å². The highest BCUT2D eigenvalue weighted by Crippen LogP contribution is 2.44. The van der Waals surface area contributed by atoms with Crippen molar-refractivity contribution in [1.82, 2.24) is 0 Å². The van der Waals surface area contributed by atoms with Crippen molar-refractivity contribution in [2.75, 3.05) is 0 Å². The predicted octanol–water partition coefficient (Wildman–Crippen LogP) is 4.64. The zero-order chi connectivity index (χ0) is 18.4. The van der Waals surface area contributed by atoms with Crippen LogP contribution < -0.4 is 4.52 Å². The summed E-state index contributed by atoms with van der Waals surface area (Å²) in [6.45, 7) is 6.05. The van der Waals surface area contributed by atoms with E-state index in [2.05, 4.69) is 9.56 Å². The van der Waals surface area contributed by atoms with Crippen LogP contribution in [0.1, 0.15) is 48.2 Å². The first-order valence-corrected chi connectivity index (χ1v) is 9.42. The van der Waals surface area contributed by atoms with Gasteiger partial charge in [0.15, 0.2) is 0 Å². The summed E-state index contributed by atoms with van der Waals surface area (Å²) in [7, 11) is -4.59. The standard InChI is InChI=1S/C18H21O6P/c1-4-14-5-7-16(8-6-14)18(19)22-24-25(20,21)23-17-11-9-15(10-12-17)13(2)3/h5-13H,4H2,1-3H3,(H,20,21). The van der Waals surface area contributed by atoms with Crippen LogP contribution >= 0.6 is 7.82 Å². The summed E-state index contributed by atoms with van der Waals surface area (Å²) in [6.07, 6.45) is 0.834. The fourth-order valence-electron chi connectivity index (χ4n) is 2.07. The highest BCUT2D eigenvalue weighted by molar-refractivity contribution is 7.47. The Bertz CT molecular complexity index is 752. The summed E-state index contributed by atoms with van der Waals surface area (Å²) in [5.41, 5.74) is 2.32. The molecule has 2 aromatic rings. The van der Waals surface area contributed by atoms with E-state index in [1.807, 2.05) is 20.8 Å². The van der Waals surface area contributed by atoms with E-state index >= 15 is 0 Å². The Morgan fingerprint density at radius 3 is 2.20 bits per heavy atom. The molecule has 1 unspecified atom stereocenters. The van der Waals surface area contributed by atoms with Gasteiger partial charge in [0.2, 0.25) is 0 Å². The third kappa shape index (κ3) is 5.71. The molecule has 0 saturated heterocycles. The molecule has 1 atom stereocenters. The number of carbonyl (C=O) groups is 1. The van der Waals surface area contributed by atoms with E-state index in [9.17, 15) is 14.3 Å². The first-order valence-electron chi connectivity index (χ1n) is 7.92. The molecule has 0 aliphatic rings. The lowest BCUT2D eigenvalue weighted by molar-refractivity contribution is -0.165. The van der Waals surface area contributed by atoms with Crippen LogP contribution in [0.15, 0.2) is 48.5 Å². The molecule has 0 bridgehead atoms. The lowest BCUT2D eigenvalue weighted by Crippen LogP contribution is -2.07. The highest BCUT2D eigenvalue weighted by atomic mass is 31.2. The van der Waals surface area contributed by atoms with Crippen LogP contribution in [0.25, 0.3) is 0 Å². The van der Waals surface area contributed by atoms with E-state index in [1.54, 1.807) is 48.5 Å². The largest absolute Gasteiger partial charge is 0.564 e. The normalized spacial score (nSPS) is 13.3. The zero-order valence-corrected chi connectivity index (χ0v) is 15.2. The van der Waals surface area contributed by atoms with Crippen LogP contribution in [-0.2, 0) is 20.5 Å². The van der Waals surface area contributed by atoms with Gasteiger partial charge < -0.3 is 4.52 Å². The molecule has 0 fully saturated rings. The lowest BCUT2D eigenvalue weighted by atomic mass is 10.0. The van der Waals surface area contributed by atoms with E-state index in [0.717, 1.165) is 17.5 Å². The molecule has 134 valence electrons. The summed E-state index contributed by atoms with van der Waals surface area (Å²) < 4.78 is 21.1. The van der Waals surface area contributed by atoms with Crippen molar-refractivity contribution in [3.63, 3.8) is 0 Å². The molecule has 0 aromatic heterocycles. The van der Waals surface area contributed by atoms with Gasteiger partial charge in [-0.15, -0.1) is 0 Å². The highest BCUT2D eigenvalue weighted by Gasteiger charge is 2.27. The Balaban J connectivity index is 1.93. The molecule has 25 heavy (non-hydrogen) atoms. The van der Waals surface area contributed by atoms with Crippen molar-refractivity contribution in [3.05, 3.63) is 65.2 Å². The molecular weight excluding hydrogens is 343 g/mol. The average molecular weight is 364 g/mol. The minimum Gasteiger partial charge on any atom is -0.402 e. The molecule has 2 aromatic carbocycles. The fourth-order valence-corrected chi connectivity index (χ4v) is 2.65. The molecule has 0 amide bonds. The summed E-state index contributed by atoms with van der Waals surface area (Å²) in [5, 5.41) is 0. The SMILES string of the molecule is CCc1ccc(C(=O)OOP(=O)(O)Oc2ccc(C(C)C)cc2)cc1. The number of carbonyl (C=O) groups excluding carboxylic acids is 1. The molecule has 0 radical (unpaired) electrons. The van der Waals surface area contributed by atoms with Gasteiger partial charge in [-0.25, -0.2) is 9.36 Å². The minimum atomic E-state index is -4.59. The monoisotopic (exact) mass is 364 g/mol. The first-order chi connectivity index (χ1) is 11.8. The second-order valence-corrected chi connectivity index (χ2v) is 7.05. The number of aryl methyl sites for hydroxylation is 1. The van der Waals surface area contributed by atoms with Gasteiger partial charge in [-0.05, 0) is 47.7 Å². The Hall–Kier alpha value is -2.14. The lowest BCUT2D eigenvalue weighted by Gasteiger charge is -2.12. The van der Waals surface area contributed by atoms with Crippen molar-refractivity contribution >= 4 is 13.8 Å². The van der Waals surface area contributed by atoms with Crippen LogP contribution in [0.5, 0.6) is 5.75 Å². The molecule has 0 spiro atoms. The van der Waals surface area contributed by atoms with Gasteiger partial charge in [0.25, 0.3) is 0 Å². The predicted molar refractivity (Wildman–Crippen MR) is 93.3 cm³/mol. The molecule has 0 aliphatic carbocycles. The van der Waals surface area contributed by atoms with E-state index < -0.39 is 13.8 Å². The fraction of sp³-hybridized carbons (Fsp3) is 0.278. The van der Waals surface area contributed by atoms with Crippen LogP contribution in [0.4, 0.5) is 0 Å². The molecule has 0 saturated carbocycles. The van der Waals surface area contributed by atoms with Crippen molar-refractivity contribution in [2.45, 2.75) is 33.1 Å². The van der Waals surface area contributed by atoms with Gasteiger partial charge in [0.05, 0.1) is 5.56 Å². The van der Waals surface area contributed by atoms with Gasteiger partial charge in [-0.3, -0.25) is 9.78 Å². The van der Waals surface area contributed by atoms with Crippen molar-refractivity contribution in [1.29, 1.82) is 0 Å².